The topological polar surface area (TPSA) is 12.0 Å². The van der Waals surface area contributed by atoms with Gasteiger partial charge in [0.15, 0.2) is 0 Å². The van der Waals surface area contributed by atoms with Gasteiger partial charge in [0.05, 0.1) is 4.47 Å². The van der Waals surface area contributed by atoms with Crippen molar-refractivity contribution in [2.75, 3.05) is 6.54 Å². The van der Waals surface area contributed by atoms with E-state index in [1.807, 2.05) is 12.1 Å². The zero-order valence-corrected chi connectivity index (χ0v) is 14.1. The van der Waals surface area contributed by atoms with Gasteiger partial charge >= 0.3 is 0 Å². The van der Waals surface area contributed by atoms with E-state index in [4.69, 9.17) is 0 Å². The minimum Gasteiger partial charge on any atom is -0.314 e. The van der Waals surface area contributed by atoms with Crippen LogP contribution >= 0.6 is 15.9 Å². The van der Waals surface area contributed by atoms with E-state index >= 15 is 0 Å². The maximum absolute atomic E-state index is 13.4. The fourth-order valence-corrected chi connectivity index (χ4v) is 3.65. The highest BCUT2D eigenvalue weighted by Crippen LogP contribution is 2.39. The molecule has 1 aliphatic rings. The molecule has 0 aliphatic heterocycles. The Hall–Kier alpha value is -0.410. The van der Waals surface area contributed by atoms with Crippen molar-refractivity contribution in [3.05, 3.63) is 34.1 Å². The van der Waals surface area contributed by atoms with Crippen molar-refractivity contribution in [2.45, 2.75) is 58.4 Å². The number of hydrogen-bond acceptors (Lipinski definition) is 1. The van der Waals surface area contributed by atoms with Gasteiger partial charge in [-0.05, 0) is 58.3 Å². The van der Waals surface area contributed by atoms with Crippen molar-refractivity contribution in [3.63, 3.8) is 0 Å². The Balaban J connectivity index is 2.11. The summed E-state index contributed by atoms with van der Waals surface area (Å²) < 4.78 is 13.9. The molecule has 20 heavy (non-hydrogen) atoms. The molecule has 1 nitrogen and oxygen atoms in total. The van der Waals surface area contributed by atoms with Gasteiger partial charge in [-0.15, -0.1) is 0 Å². The van der Waals surface area contributed by atoms with Crippen LogP contribution in [0.2, 0.25) is 0 Å². The van der Waals surface area contributed by atoms with Crippen LogP contribution in [0.3, 0.4) is 0 Å². The summed E-state index contributed by atoms with van der Waals surface area (Å²) in [5.74, 6) is -0.174. The zero-order valence-electron chi connectivity index (χ0n) is 12.5. The third kappa shape index (κ3) is 4.29. The molecule has 0 atom stereocenters. The van der Waals surface area contributed by atoms with Crippen molar-refractivity contribution < 1.29 is 4.39 Å². The monoisotopic (exact) mass is 341 g/mol. The highest BCUT2D eigenvalue weighted by Gasteiger charge is 2.32. The van der Waals surface area contributed by atoms with Gasteiger partial charge in [0, 0.05) is 12.6 Å². The predicted molar refractivity (Wildman–Crippen MR) is 86.5 cm³/mol. The lowest BCUT2D eigenvalue weighted by molar-refractivity contribution is 0.176. The third-order valence-corrected chi connectivity index (χ3v) is 4.97. The van der Waals surface area contributed by atoms with Crippen LogP contribution in [-0.2, 0) is 6.42 Å². The van der Waals surface area contributed by atoms with Crippen molar-refractivity contribution in [2.24, 2.45) is 5.41 Å². The molecule has 1 aromatic rings. The highest BCUT2D eigenvalue weighted by molar-refractivity contribution is 9.10. The lowest BCUT2D eigenvalue weighted by Crippen LogP contribution is -2.40. The van der Waals surface area contributed by atoms with Gasteiger partial charge in [-0.1, -0.05) is 39.2 Å². The quantitative estimate of drug-likeness (QED) is 0.787. The molecule has 1 N–H and O–H groups in total. The Labute approximate surface area is 130 Å². The average molecular weight is 342 g/mol. The summed E-state index contributed by atoms with van der Waals surface area (Å²) in [6, 6.07) is 5.98. The van der Waals surface area contributed by atoms with Crippen LogP contribution in [0, 0.1) is 11.2 Å². The maximum Gasteiger partial charge on any atom is 0.137 e. The minimum absolute atomic E-state index is 0.174. The molecule has 0 spiro atoms. The number of rotatable bonds is 5. The van der Waals surface area contributed by atoms with Crippen LogP contribution in [0.1, 0.15) is 51.5 Å². The molecule has 0 amide bonds. The Bertz CT molecular complexity index is 439. The molecule has 1 fully saturated rings. The van der Waals surface area contributed by atoms with E-state index in [2.05, 4.69) is 35.1 Å². The summed E-state index contributed by atoms with van der Waals surface area (Å²) >= 11 is 3.30. The zero-order chi connectivity index (χ0) is 14.6. The van der Waals surface area contributed by atoms with Gasteiger partial charge < -0.3 is 5.32 Å². The summed E-state index contributed by atoms with van der Waals surface area (Å²) in [5.41, 5.74) is 1.59. The van der Waals surface area contributed by atoms with Gasteiger partial charge in [0.1, 0.15) is 5.82 Å². The molecule has 1 aliphatic carbocycles. The average Bonchev–Trinajstić information content (AvgIpc) is 2.42. The van der Waals surface area contributed by atoms with Crippen molar-refractivity contribution in [1.29, 1.82) is 0 Å². The van der Waals surface area contributed by atoms with Crippen molar-refractivity contribution in [3.8, 4) is 0 Å². The summed E-state index contributed by atoms with van der Waals surface area (Å²) in [5, 5.41) is 3.62. The molecule has 0 unspecified atom stereocenters. The first-order valence-corrected chi connectivity index (χ1v) is 8.47. The van der Waals surface area contributed by atoms with Crippen molar-refractivity contribution in [1.82, 2.24) is 5.32 Å². The molecule has 112 valence electrons. The van der Waals surface area contributed by atoms with Crippen LogP contribution in [-0.4, -0.2) is 12.6 Å². The van der Waals surface area contributed by atoms with E-state index in [9.17, 15) is 4.39 Å². The van der Waals surface area contributed by atoms with E-state index < -0.39 is 0 Å². The Morgan fingerprint density at radius 3 is 2.55 bits per heavy atom. The molecule has 1 saturated carbocycles. The number of hydrogen-bond donors (Lipinski definition) is 1. The third-order valence-electron chi connectivity index (χ3n) is 4.36. The van der Waals surface area contributed by atoms with Crippen LogP contribution in [0.4, 0.5) is 4.39 Å². The number of benzene rings is 1. The standard InChI is InChI=1S/C17H25BrFN/c1-13(2)20-12-17(8-4-3-5-9-17)11-14-6-7-16(19)15(18)10-14/h6-7,10,13,20H,3-5,8-9,11-12H2,1-2H3. The van der Waals surface area contributed by atoms with Gasteiger partial charge in [-0.3, -0.25) is 0 Å². The summed E-state index contributed by atoms with van der Waals surface area (Å²) in [7, 11) is 0. The van der Waals surface area contributed by atoms with E-state index in [1.165, 1.54) is 37.7 Å². The fraction of sp³-hybridized carbons (Fsp3) is 0.647. The van der Waals surface area contributed by atoms with Crippen LogP contribution in [0.15, 0.2) is 22.7 Å². The first kappa shape index (κ1) is 16.0. The second-order valence-corrected chi connectivity index (χ2v) is 7.38. The van der Waals surface area contributed by atoms with Gasteiger partial charge in [-0.25, -0.2) is 4.39 Å². The molecule has 0 bridgehead atoms. The smallest absolute Gasteiger partial charge is 0.137 e. The predicted octanol–water partition coefficient (Wildman–Crippen LogP) is 5.08. The maximum atomic E-state index is 13.4. The molecule has 0 saturated heterocycles. The first-order chi connectivity index (χ1) is 9.51. The largest absolute Gasteiger partial charge is 0.314 e. The molecular formula is C17H25BrFN. The van der Waals surface area contributed by atoms with E-state index in [-0.39, 0.29) is 5.82 Å². The minimum atomic E-state index is -0.174. The molecule has 1 aromatic carbocycles. The van der Waals surface area contributed by atoms with Crippen molar-refractivity contribution >= 4 is 15.9 Å². The Morgan fingerprint density at radius 2 is 1.95 bits per heavy atom. The van der Waals surface area contributed by atoms with Gasteiger partial charge in [-0.2, -0.15) is 0 Å². The lowest BCUT2D eigenvalue weighted by atomic mass is 9.70. The Kier molecular flexibility index (Phi) is 5.62. The number of halogens is 2. The molecule has 2 rings (SSSR count). The fourth-order valence-electron chi connectivity index (χ4n) is 3.22. The van der Waals surface area contributed by atoms with Gasteiger partial charge in [0.25, 0.3) is 0 Å². The SMILES string of the molecule is CC(C)NCC1(Cc2ccc(F)c(Br)c2)CCCCC1. The second-order valence-electron chi connectivity index (χ2n) is 6.52. The van der Waals surface area contributed by atoms with Gasteiger partial charge in [0.2, 0.25) is 0 Å². The molecule has 0 heterocycles. The molecule has 3 heteroatoms. The van der Waals surface area contributed by atoms with E-state index in [0.29, 0.717) is 15.9 Å². The summed E-state index contributed by atoms with van der Waals surface area (Å²) in [4.78, 5) is 0. The van der Waals surface area contributed by atoms with E-state index in [1.54, 1.807) is 6.07 Å². The summed E-state index contributed by atoms with van der Waals surface area (Å²) in [6.45, 7) is 5.47. The lowest BCUT2D eigenvalue weighted by Gasteiger charge is -2.38. The van der Waals surface area contributed by atoms with Crippen LogP contribution in [0.25, 0.3) is 0 Å². The van der Waals surface area contributed by atoms with Crippen LogP contribution in [0.5, 0.6) is 0 Å². The molecular weight excluding hydrogens is 317 g/mol. The Morgan fingerprint density at radius 1 is 1.25 bits per heavy atom. The molecule has 0 radical (unpaired) electrons. The summed E-state index contributed by atoms with van der Waals surface area (Å²) in [6.07, 6.45) is 7.61. The second kappa shape index (κ2) is 7.04. The molecule has 0 aromatic heterocycles. The highest BCUT2D eigenvalue weighted by atomic mass is 79.9. The normalized spacial score (nSPS) is 18.4. The van der Waals surface area contributed by atoms with Crippen LogP contribution < -0.4 is 5.32 Å². The van der Waals surface area contributed by atoms with E-state index in [0.717, 1.165) is 13.0 Å². The first-order valence-electron chi connectivity index (χ1n) is 7.68. The number of nitrogens with one attached hydrogen (secondary N) is 1.